The number of aryl methyl sites for hydroxylation is 1. The molecule has 1 aliphatic heterocycles. The number of hydrogen-bond acceptors (Lipinski definition) is 2. The molecule has 0 aromatic heterocycles. The van der Waals surface area contributed by atoms with Gasteiger partial charge in [0.1, 0.15) is 0 Å². The molecular weight excluding hydrogens is 256 g/mol. The fourth-order valence-corrected chi connectivity index (χ4v) is 3.17. The lowest BCUT2D eigenvalue weighted by Gasteiger charge is -2.26. The number of nitrogens with one attached hydrogen (secondary N) is 1. The molecule has 2 nitrogen and oxygen atoms in total. The molecule has 0 saturated carbocycles. The highest BCUT2D eigenvalue weighted by atomic mass is 15.1. The van der Waals surface area contributed by atoms with E-state index in [1.165, 1.54) is 49.2 Å². The first-order chi connectivity index (χ1) is 9.87. The summed E-state index contributed by atoms with van der Waals surface area (Å²) in [6, 6.07) is 7.50. The van der Waals surface area contributed by atoms with Gasteiger partial charge in [-0.1, -0.05) is 39.8 Å². The SMILES string of the molecule is Cc1cc(CNC(C)C)ccc1N1CCCC(C)(C)CC1. The summed E-state index contributed by atoms with van der Waals surface area (Å²) in [5, 5.41) is 3.50. The zero-order valence-corrected chi connectivity index (χ0v) is 14.5. The van der Waals surface area contributed by atoms with Gasteiger partial charge in [-0.25, -0.2) is 0 Å². The van der Waals surface area contributed by atoms with Crippen LogP contribution in [-0.2, 0) is 6.54 Å². The maximum atomic E-state index is 3.50. The largest absolute Gasteiger partial charge is 0.371 e. The molecular formula is C19H32N2. The first-order valence-corrected chi connectivity index (χ1v) is 8.45. The molecule has 0 spiro atoms. The average molecular weight is 288 g/mol. The second kappa shape index (κ2) is 6.83. The van der Waals surface area contributed by atoms with E-state index in [4.69, 9.17) is 0 Å². The van der Waals surface area contributed by atoms with Crippen LogP contribution in [-0.4, -0.2) is 19.1 Å². The summed E-state index contributed by atoms with van der Waals surface area (Å²) < 4.78 is 0. The highest BCUT2D eigenvalue weighted by molar-refractivity contribution is 5.54. The summed E-state index contributed by atoms with van der Waals surface area (Å²) >= 11 is 0. The summed E-state index contributed by atoms with van der Waals surface area (Å²) in [6.07, 6.45) is 3.95. The van der Waals surface area contributed by atoms with E-state index in [0.717, 1.165) is 6.54 Å². The van der Waals surface area contributed by atoms with Crippen LogP contribution >= 0.6 is 0 Å². The van der Waals surface area contributed by atoms with Gasteiger partial charge in [0.25, 0.3) is 0 Å². The number of nitrogens with zero attached hydrogens (tertiary/aromatic N) is 1. The van der Waals surface area contributed by atoms with Crippen molar-refractivity contribution in [1.82, 2.24) is 5.32 Å². The van der Waals surface area contributed by atoms with Gasteiger partial charge in [-0.15, -0.1) is 0 Å². The van der Waals surface area contributed by atoms with E-state index in [1.54, 1.807) is 0 Å². The molecule has 2 heteroatoms. The maximum Gasteiger partial charge on any atom is 0.0396 e. The first kappa shape index (κ1) is 16.4. The highest BCUT2D eigenvalue weighted by Crippen LogP contribution is 2.32. The molecule has 1 aromatic carbocycles. The summed E-state index contributed by atoms with van der Waals surface area (Å²) in [5.74, 6) is 0. The third-order valence-corrected chi connectivity index (χ3v) is 4.66. The standard InChI is InChI=1S/C19H32N2/c1-15(2)20-14-17-7-8-18(16(3)13-17)21-11-6-9-19(4,5)10-12-21/h7-8,13,15,20H,6,9-12,14H2,1-5H3. The van der Waals surface area contributed by atoms with Crippen LogP contribution in [0.2, 0.25) is 0 Å². The van der Waals surface area contributed by atoms with Gasteiger partial charge in [0.05, 0.1) is 0 Å². The van der Waals surface area contributed by atoms with Crippen molar-refractivity contribution in [3.63, 3.8) is 0 Å². The summed E-state index contributed by atoms with van der Waals surface area (Å²) in [5.41, 5.74) is 4.74. The minimum Gasteiger partial charge on any atom is -0.371 e. The van der Waals surface area contributed by atoms with Crippen LogP contribution < -0.4 is 10.2 Å². The molecule has 1 saturated heterocycles. The second-order valence-corrected chi connectivity index (χ2v) is 7.66. The minimum absolute atomic E-state index is 0.504. The van der Waals surface area contributed by atoms with E-state index < -0.39 is 0 Å². The third-order valence-electron chi connectivity index (χ3n) is 4.66. The fraction of sp³-hybridized carbons (Fsp3) is 0.684. The van der Waals surface area contributed by atoms with E-state index in [-0.39, 0.29) is 0 Å². The zero-order chi connectivity index (χ0) is 15.5. The maximum absolute atomic E-state index is 3.50. The van der Waals surface area contributed by atoms with Crippen molar-refractivity contribution in [2.45, 2.75) is 66.5 Å². The van der Waals surface area contributed by atoms with Gasteiger partial charge < -0.3 is 10.2 Å². The van der Waals surface area contributed by atoms with Crippen molar-refractivity contribution >= 4 is 5.69 Å². The van der Waals surface area contributed by atoms with E-state index in [1.807, 2.05) is 0 Å². The quantitative estimate of drug-likeness (QED) is 0.877. The van der Waals surface area contributed by atoms with Crippen LogP contribution in [0.5, 0.6) is 0 Å². The van der Waals surface area contributed by atoms with E-state index in [2.05, 4.69) is 63.0 Å². The molecule has 118 valence electrons. The lowest BCUT2D eigenvalue weighted by atomic mass is 9.85. The molecule has 1 fully saturated rings. The Morgan fingerprint density at radius 3 is 2.62 bits per heavy atom. The fourth-order valence-electron chi connectivity index (χ4n) is 3.17. The van der Waals surface area contributed by atoms with Crippen molar-refractivity contribution in [3.8, 4) is 0 Å². The molecule has 1 aromatic rings. The van der Waals surface area contributed by atoms with Crippen molar-refractivity contribution < 1.29 is 0 Å². The molecule has 1 aliphatic rings. The Bertz CT molecular complexity index is 463. The number of benzene rings is 1. The normalized spacial score (nSPS) is 18.9. The van der Waals surface area contributed by atoms with Gasteiger partial charge in [0.2, 0.25) is 0 Å². The average Bonchev–Trinajstić information content (AvgIpc) is 2.58. The van der Waals surface area contributed by atoms with Gasteiger partial charge in [0, 0.05) is 31.4 Å². The van der Waals surface area contributed by atoms with Gasteiger partial charge in [-0.2, -0.15) is 0 Å². The van der Waals surface area contributed by atoms with Crippen LogP contribution in [0.15, 0.2) is 18.2 Å². The molecule has 1 N–H and O–H groups in total. The predicted octanol–water partition coefficient (Wildman–Crippen LogP) is 4.51. The zero-order valence-electron chi connectivity index (χ0n) is 14.5. The van der Waals surface area contributed by atoms with Crippen LogP contribution in [0.3, 0.4) is 0 Å². The monoisotopic (exact) mass is 288 g/mol. The Labute approximate surface area is 130 Å². The summed E-state index contributed by atoms with van der Waals surface area (Å²) in [4.78, 5) is 2.59. The van der Waals surface area contributed by atoms with Crippen LogP contribution in [0.25, 0.3) is 0 Å². The molecule has 21 heavy (non-hydrogen) atoms. The number of anilines is 1. The Balaban J connectivity index is 2.06. The molecule has 0 unspecified atom stereocenters. The Morgan fingerprint density at radius 2 is 1.95 bits per heavy atom. The van der Waals surface area contributed by atoms with Gasteiger partial charge in [-0.05, 0) is 48.8 Å². The molecule has 0 aliphatic carbocycles. The second-order valence-electron chi connectivity index (χ2n) is 7.66. The number of hydrogen-bond donors (Lipinski definition) is 1. The molecule has 0 amide bonds. The Morgan fingerprint density at radius 1 is 1.19 bits per heavy atom. The molecule has 0 radical (unpaired) electrons. The lowest BCUT2D eigenvalue weighted by molar-refractivity contribution is 0.325. The van der Waals surface area contributed by atoms with E-state index in [0.29, 0.717) is 11.5 Å². The van der Waals surface area contributed by atoms with E-state index >= 15 is 0 Å². The van der Waals surface area contributed by atoms with Gasteiger partial charge in [-0.3, -0.25) is 0 Å². The van der Waals surface area contributed by atoms with Crippen LogP contribution in [0.4, 0.5) is 5.69 Å². The van der Waals surface area contributed by atoms with Gasteiger partial charge in [0.15, 0.2) is 0 Å². The third kappa shape index (κ3) is 4.74. The van der Waals surface area contributed by atoms with Gasteiger partial charge >= 0.3 is 0 Å². The molecule has 1 heterocycles. The number of rotatable bonds is 4. The van der Waals surface area contributed by atoms with Crippen LogP contribution in [0.1, 0.15) is 58.1 Å². The van der Waals surface area contributed by atoms with Crippen LogP contribution in [0, 0.1) is 12.3 Å². The Kier molecular flexibility index (Phi) is 5.32. The van der Waals surface area contributed by atoms with Crippen molar-refractivity contribution in [2.24, 2.45) is 5.41 Å². The molecule has 0 atom stereocenters. The van der Waals surface area contributed by atoms with Crippen molar-refractivity contribution in [2.75, 3.05) is 18.0 Å². The Hall–Kier alpha value is -1.02. The summed E-state index contributed by atoms with van der Waals surface area (Å²) in [7, 11) is 0. The summed E-state index contributed by atoms with van der Waals surface area (Å²) in [6.45, 7) is 14.8. The highest BCUT2D eigenvalue weighted by Gasteiger charge is 2.23. The van der Waals surface area contributed by atoms with Crippen molar-refractivity contribution in [3.05, 3.63) is 29.3 Å². The minimum atomic E-state index is 0.504. The molecule has 0 bridgehead atoms. The first-order valence-electron chi connectivity index (χ1n) is 8.45. The smallest absolute Gasteiger partial charge is 0.0396 e. The topological polar surface area (TPSA) is 15.3 Å². The van der Waals surface area contributed by atoms with E-state index in [9.17, 15) is 0 Å². The predicted molar refractivity (Wildman–Crippen MR) is 93.0 cm³/mol. The lowest BCUT2D eigenvalue weighted by Crippen LogP contribution is -2.26. The molecule has 2 rings (SSSR count). The van der Waals surface area contributed by atoms with Crippen molar-refractivity contribution in [1.29, 1.82) is 0 Å².